The maximum absolute atomic E-state index is 13.5. The van der Waals surface area contributed by atoms with Crippen molar-refractivity contribution in [1.29, 1.82) is 0 Å². The number of rotatable bonds is 6. The molecule has 1 heterocycles. The molecular formula is C15H20FNO3. The highest BCUT2D eigenvalue weighted by atomic mass is 19.1. The highest BCUT2D eigenvalue weighted by Gasteiger charge is 2.24. The van der Waals surface area contributed by atoms with Gasteiger partial charge in [-0.3, -0.25) is 4.79 Å². The van der Waals surface area contributed by atoms with E-state index in [0.29, 0.717) is 26.2 Å². The Morgan fingerprint density at radius 2 is 2.35 bits per heavy atom. The minimum Gasteiger partial charge on any atom is -0.486 e. The second kappa shape index (κ2) is 7.24. The van der Waals surface area contributed by atoms with Crippen molar-refractivity contribution in [1.82, 2.24) is 5.32 Å². The van der Waals surface area contributed by atoms with Gasteiger partial charge in [0.05, 0.1) is 19.1 Å². The molecule has 1 fully saturated rings. The van der Waals surface area contributed by atoms with Crippen molar-refractivity contribution in [2.24, 2.45) is 5.92 Å². The van der Waals surface area contributed by atoms with Gasteiger partial charge in [-0.15, -0.1) is 0 Å². The quantitative estimate of drug-likeness (QED) is 0.869. The van der Waals surface area contributed by atoms with E-state index < -0.39 is 0 Å². The van der Waals surface area contributed by atoms with Crippen LogP contribution in [0, 0.1) is 11.7 Å². The number of ether oxygens (including phenoxy) is 2. The molecule has 1 aromatic carbocycles. The van der Waals surface area contributed by atoms with E-state index >= 15 is 0 Å². The highest BCUT2D eigenvalue weighted by molar-refractivity contribution is 5.79. The summed E-state index contributed by atoms with van der Waals surface area (Å²) < 4.78 is 24.3. The number of hydrogen-bond acceptors (Lipinski definition) is 3. The van der Waals surface area contributed by atoms with Crippen molar-refractivity contribution in [3.63, 3.8) is 0 Å². The first-order valence-electron chi connectivity index (χ1n) is 6.97. The minimum absolute atomic E-state index is 0.0157. The fourth-order valence-electron chi connectivity index (χ4n) is 2.09. The maximum Gasteiger partial charge on any atom is 0.225 e. The summed E-state index contributed by atoms with van der Waals surface area (Å²) in [5.74, 6) is -0.252. The fourth-order valence-corrected chi connectivity index (χ4v) is 2.09. The molecule has 0 unspecified atom stereocenters. The van der Waals surface area contributed by atoms with E-state index in [0.717, 1.165) is 6.42 Å². The van der Waals surface area contributed by atoms with E-state index in [9.17, 15) is 9.18 Å². The van der Waals surface area contributed by atoms with E-state index in [4.69, 9.17) is 9.47 Å². The van der Waals surface area contributed by atoms with Crippen molar-refractivity contribution in [2.45, 2.75) is 25.9 Å². The smallest absolute Gasteiger partial charge is 0.225 e. The van der Waals surface area contributed by atoms with Crippen LogP contribution in [0.4, 0.5) is 4.39 Å². The van der Waals surface area contributed by atoms with Gasteiger partial charge in [0, 0.05) is 6.61 Å². The molecule has 1 saturated heterocycles. The normalized spacial score (nSPS) is 19.6. The van der Waals surface area contributed by atoms with E-state index in [1.54, 1.807) is 18.2 Å². The Morgan fingerprint density at radius 3 is 3.00 bits per heavy atom. The monoisotopic (exact) mass is 281 g/mol. The topological polar surface area (TPSA) is 47.6 Å². The van der Waals surface area contributed by atoms with Crippen LogP contribution in [-0.2, 0) is 9.53 Å². The minimum atomic E-state index is -0.388. The number of carbonyl (C=O) groups excluding carboxylic acids is 1. The van der Waals surface area contributed by atoms with Gasteiger partial charge in [0.25, 0.3) is 0 Å². The Bertz CT molecular complexity index is 446. The molecule has 1 aromatic rings. The fraction of sp³-hybridized carbons (Fsp3) is 0.533. The van der Waals surface area contributed by atoms with E-state index in [1.807, 2.05) is 6.92 Å². The molecule has 2 rings (SSSR count). The third-order valence-corrected chi connectivity index (χ3v) is 3.39. The summed E-state index contributed by atoms with van der Waals surface area (Å²) in [6.07, 6.45) is 1.21. The maximum atomic E-state index is 13.5. The van der Waals surface area contributed by atoms with Crippen molar-refractivity contribution in [3.8, 4) is 5.75 Å². The number of hydrogen-bond donors (Lipinski definition) is 1. The molecule has 1 amide bonds. The van der Waals surface area contributed by atoms with Crippen LogP contribution in [0.15, 0.2) is 24.3 Å². The van der Waals surface area contributed by atoms with Gasteiger partial charge >= 0.3 is 0 Å². The number of para-hydroxylation sites is 1. The molecule has 1 N–H and O–H groups in total. The van der Waals surface area contributed by atoms with Crippen LogP contribution in [0.2, 0.25) is 0 Å². The van der Waals surface area contributed by atoms with Gasteiger partial charge in [-0.2, -0.15) is 0 Å². The number of amides is 1. The van der Waals surface area contributed by atoms with E-state index in [2.05, 4.69) is 5.32 Å². The Balaban J connectivity index is 1.83. The zero-order valence-electron chi connectivity index (χ0n) is 11.6. The number of carbonyl (C=O) groups is 1. The number of benzene rings is 1. The largest absolute Gasteiger partial charge is 0.486 e. The van der Waals surface area contributed by atoms with Crippen molar-refractivity contribution < 1.29 is 18.7 Å². The van der Waals surface area contributed by atoms with E-state index in [-0.39, 0.29) is 29.5 Å². The summed E-state index contributed by atoms with van der Waals surface area (Å²) in [4.78, 5) is 11.9. The molecule has 0 aliphatic carbocycles. The molecule has 1 aliphatic rings. The lowest BCUT2D eigenvalue weighted by Gasteiger charge is -2.19. The van der Waals surface area contributed by atoms with Crippen LogP contribution in [-0.4, -0.2) is 31.8 Å². The summed E-state index contributed by atoms with van der Waals surface area (Å²) in [5, 5.41) is 2.85. The Kier molecular flexibility index (Phi) is 5.35. The Hall–Kier alpha value is -1.62. The van der Waals surface area contributed by atoms with Gasteiger partial charge in [-0.1, -0.05) is 19.1 Å². The first kappa shape index (κ1) is 14.8. The number of nitrogens with one attached hydrogen (secondary N) is 1. The highest BCUT2D eigenvalue weighted by Crippen LogP contribution is 2.18. The Labute approximate surface area is 118 Å². The van der Waals surface area contributed by atoms with Crippen LogP contribution in [0.25, 0.3) is 0 Å². The summed E-state index contributed by atoms with van der Waals surface area (Å²) in [6.45, 7) is 3.44. The van der Waals surface area contributed by atoms with Gasteiger partial charge in [0.15, 0.2) is 11.6 Å². The Morgan fingerprint density at radius 1 is 1.55 bits per heavy atom. The third-order valence-electron chi connectivity index (χ3n) is 3.39. The summed E-state index contributed by atoms with van der Waals surface area (Å²) >= 11 is 0. The molecule has 0 radical (unpaired) electrons. The zero-order chi connectivity index (χ0) is 14.4. The SMILES string of the molecule is CC[C@H](CNC(=O)[C@H]1CCOC1)Oc1ccccc1F. The average Bonchev–Trinajstić information content (AvgIpc) is 2.99. The second-order valence-corrected chi connectivity index (χ2v) is 4.88. The molecule has 1 aliphatic heterocycles. The lowest BCUT2D eigenvalue weighted by Crippen LogP contribution is -2.38. The molecule has 2 atom stereocenters. The van der Waals surface area contributed by atoms with Crippen molar-refractivity contribution >= 4 is 5.91 Å². The summed E-state index contributed by atoms with van der Waals surface area (Å²) in [6, 6.07) is 6.28. The van der Waals surface area contributed by atoms with Crippen molar-refractivity contribution in [3.05, 3.63) is 30.1 Å². The molecule has 0 spiro atoms. The van der Waals surface area contributed by atoms with Crippen LogP contribution < -0.4 is 10.1 Å². The van der Waals surface area contributed by atoms with Crippen LogP contribution in [0.5, 0.6) is 5.75 Å². The third kappa shape index (κ3) is 3.93. The lowest BCUT2D eigenvalue weighted by atomic mass is 10.1. The molecule has 0 bridgehead atoms. The molecule has 5 heteroatoms. The zero-order valence-corrected chi connectivity index (χ0v) is 11.6. The van der Waals surface area contributed by atoms with Crippen LogP contribution in [0.3, 0.4) is 0 Å². The molecule has 4 nitrogen and oxygen atoms in total. The lowest BCUT2D eigenvalue weighted by molar-refractivity contribution is -0.125. The summed E-state index contributed by atoms with van der Waals surface area (Å²) in [5.41, 5.74) is 0. The van der Waals surface area contributed by atoms with Crippen LogP contribution in [0.1, 0.15) is 19.8 Å². The predicted molar refractivity (Wildman–Crippen MR) is 73.0 cm³/mol. The van der Waals surface area contributed by atoms with Gasteiger partial charge in [0.2, 0.25) is 5.91 Å². The first-order chi connectivity index (χ1) is 9.70. The predicted octanol–water partition coefficient (Wildman–Crippen LogP) is 2.14. The summed E-state index contributed by atoms with van der Waals surface area (Å²) in [7, 11) is 0. The standard InChI is InChI=1S/C15H20FNO3/c1-2-12(20-14-6-4-3-5-13(14)16)9-17-15(18)11-7-8-19-10-11/h3-6,11-12H,2,7-10H2,1H3,(H,17,18)/t11-,12+/m0/s1. The molecular weight excluding hydrogens is 261 g/mol. The second-order valence-electron chi connectivity index (χ2n) is 4.88. The van der Waals surface area contributed by atoms with Gasteiger partial charge in [-0.05, 0) is 25.0 Å². The first-order valence-corrected chi connectivity index (χ1v) is 6.97. The van der Waals surface area contributed by atoms with Gasteiger partial charge in [-0.25, -0.2) is 4.39 Å². The van der Waals surface area contributed by atoms with Crippen molar-refractivity contribution in [2.75, 3.05) is 19.8 Å². The van der Waals surface area contributed by atoms with Crippen LogP contribution >= 0.6 is 0 Å². The number of halogens is 1. The molecule has 110 valence electrons. The molecule has 0 aromatic heterocycles. The van der Waals surface area contributed by atoms with E-state index in [1.165, 1.54) is 6.07 Å². The molecule has 0 saturated carbocycles. The average molecular weight is 281 g/mol. The van der Waals surface area contributed by atoms with Gasteiger partial charge < -0.3 is 14.8 Å². The van der Waals surface area contributed by atoms with Gasteiger partial charge in [0.1, 0.15) is 6.10 Å². The molecule has 20 heavy (non-hydrogen) atoms.